The third-order valence-electron chi connectivity index (χ3n) is 6.90. The van der Waals surface area contributed by atoms with E-state index in [0.29, 0.717) is 17.9 Å². The fourth-order valence-electron chi connectivity index (χ4n) is 5.03. The molecule has 4 nitrogen and oxygen atoms in total. The number of methoxy groups -OCH3 is 1. The van der Waals surface area contributed by atoms with E-state index < -0.39 is 5.82 Å². The van der Waals surface area contributed by atoms with Gasteiger partial charge in [-0.05, 0) is 47.7 Å². The topological polar surface area (TPSA) is 55.0 Å². The minimum Gasteiger partial charge on any atom is -0.380 e. The number of aromatic nitrogens is 1. The van der Waals surface area contributed by atoms with Gasteiger partial charge in [-0.1, -0.05) is 62.4 Å². The van der Waals surface area contributed by atoms with Crippen LogP contribution in [0.1, 0.15) is 66.6 Å². The van der Waals surface area contributed by atoms with E-state index in [-0.39, 0.29) is 17.3 Å². The Morgan fingerprint density at radius 2 is 1.68 bits per heavy atom. The van der Waals surface area contributed by atoms with Crippen molar-refractivity contribution in [3.05, 3.63) is 71.2 Å². The van der Waals surface area contributed by atoms with Crippen molar-refractivity contribution in [2.24, 2.45) is 13.0 Å². The number of ketones is 1. The minimum atomic E-state index is -0.557. The minimum absolute atomic E-state index is 0.0102. The number of ether oxygens (including phenoxy) is 1. The average molecular weight is 459 g/mol. The van der Waals surface area contributed by atoms with Crippen LogP contribution >= 0.6 is 0 Å². The molecule has 0 radical (unpaired) electrons. The van der Waals surface area contributed by atoms with Crippen LogP contribution in [0.3, 0.4) is 0 Å². The Morgan fingerprint density at radius 1 is 1.03 bits per heavy atom. The second kappa shape index (κ2) is 10.8. The Bertz CT molecular complexity index is 1200. The van der Waals surface area contributed by atoms with Crippen molar-refractivity contribution in [3.8, 4) is 28.5 Å². The van der Waals surface area contributed by atoms with Gasteiger partial charge in [0.05, 0.1) is 23.6 Å². The van der Waals surface area contributed by atoms with Crippen LogP contribution in [0.5, 0.6) is 0 Å². The van der Waals surface area contributed by atoms with Crippen molar-refractivity contribution in [2.75, 3.05) is 7.11 Å². The molecule has 0 N–H and O–H groups in total. The molecule has 0 spiro atoms. The van der Waals surface area contributed by atoms with Gasteiger partial charge < -0.3 is 9.30 Å². The standard InChI is InChI=1S/C29H31FN2O2/c1-32-27(29(33)22-8-6-4-3-5-7-9-22)17-25(23-14-15-24(18-31)26(30)16-23)28(32)21-12-10-20(11-13-21)19-34-2/h10-17,22H,3-9,19H2,1-2H3. The van der Waals surface area contributed by atoms with E-state index in [4.69, 9.17) is 10.00 Å². The summed E-state index contributed by atoms with van der Waals surface area (Å²) < 4.78 is 21.7. The first kappa shape index (κ1) is 23.9. The lowest BCUT2D eigenvalue weighted by Crippen LogP contribution is -2.19. The smallest absolute Gasteiger partial charge is 0.182 e. The lowest BCUT2D eigenvalue weighted by atomic mass is 9.87. The van der Waals surface area contributed by atoms with Gasteiger partial charge >= 0.3 is 0 Å². The number of halogens is 1. The van der Waals surface area contributed by atoms with Gasteiger partial charge in [-0.15, -0.1) is 0 Å². The fourth-order valence-corrected chi connectivity index (χ4v) is 5.03. The largest absolute Gasteiger partial charge is 0.380 e. The molecule has 0 aliphatic heterocycles. The molecule has 2 aromatic carbocycles. The Hall–Kier alpha value is -3.23. The van der Waals surface area contributed by atoms with E-state index in [1.165, 1.54) is 31.4 Å². The van der Waals surface area contributed by atoms with Crippen LogP contribution in [0.25, 0.3) is 22.4 Å². The van der Waals surface area contributed by atoms with E-state index >= 15 is 0 Å². The lowest BCUT2D eigenvalue weighted by Gasteiger charge is -2.19. The summed E-state index contributed by atoms with van der Waals surface area (Å²) in [6, 6.07) is 16.5. The fraction of sp³-hybridized carbons (Fsp3) is 0.379. The van der Waals surface area contributed by atoms with Crippen molar-refractivity contribution in [3.63, 3.8) is 0 Å². The molecule has 176 valence electrons. The molecule has 0 bridgehead atoms. The quantitative estimate of drug-likeness (QED) is 0.372. The summed E-state index contributed by atoms with van der Waals surface area (Å²) >= 11 is 0. The van der Waals surface area contributed by atoms with Crippen LogP contribution in [0.4, 0.5) is 4.39 Å². The molecule has 1 fully saturated rings. The summed E-state index contributed by atoms with van der Waals surface area (Å²) in [6.07, 6.45) is 7.64. The molecule has 1 aliphatic carbocycles. The molecule has 1 saturated carbocycles. The zero-order chi connectivity index (χ0) is 24.1. The summed E-state index contributed by atoms with van der Waals surface area (Å²) in [5, 5.41) is 9.14. The zero-order valence-electron chi connectivity index (χ0n) is 19.9. The van der Waals surface area contributed by atoms with Gasteiger partial charge in [0.25, 0.3) is 0 Å². The maximum atomic E-state index is 14.5. The van der Waals surface area contributed by atoms with Gasteiger partial charge in [-0.2, -0.15) is 5.26 Å². The lowest BCUT2D eigenvalue weighted by molar-refractivity contribution is 0.0890. The first-order valence-electron chi connectivity index (χ1n) is 12.1. The number of Topliss-reactive ketones (excluding diaryl/α,β-unsaturated/α-hetero) is 1. The van der Waals surface area contributed by atoms with Crippen LogP contribution in [0.2, 0.25) is 0 Å². The van der Waals surface area contributed by atoms with Gasteiger partial charge in [-0.3, -0.25) is 4.79 Å². The highest BCUT2D eigenvalue weighted by atomic mass is 19.1. The molecule has 34 heavy (non-hydrogen) atoms. The van der Waals surface area contributed by atoms with Gasteiger partial charge in [0.15, 0.2) is 5.78 Å². The summed E-state index contributed by atoms with van der Waals surface area (Å²) in [4.78, 5) is 13.7. The molecule has 1 aliphatic rings. The highest BCUT2D eigenvalue weighted by Gasteiger charge is 2.26. The summed E-state index contributed by atoms with van der Waals surface area (Å²) in [6.45, 7) is 0.520. The van der Waals surface area contributed by atoms with Crippen molar-refractivity contribution in [1.82, 2.24) is 4.57 Å². The number of carbonyl (C=O) groups is 1. The molecule has 0 atom stereocenters. The van der Waals surface area contributed by atoms with Gasteiger partial charge in [0.2, 0.25) is 0 Å². The van der Waals surface area contributed by atoms with Crippen LogP contribution < -0.4 is 0 Å². The van der Waals surface area contributed by atoms with Crippen molar-refractivity contribution in [2.45, 2.75) is 51.6 Å². The van der Waals surface area contributed by atoms with E-state index in [1.54, 1.807) is 13.2 Å². The molecule has 0 amide bonds. The molecular formula is C29H31FN2O2. The van der Waals surface area contributed by atoms with E-state index in [0.717, 1.165) is 48.1 Å². The van der Waals surface area contributed by atoms with Crippen molar-refractivity contribution in [1.29, 1.82) is 5.26 Å². The molecule has 3 aromatic rings. The van der Waals surface area contributed by atoms with Gasteiger partial charge in [0, 0.05) is 25.6 Å². The van der Waals surface area contributed by atoms with Crippen LogP contribution in [-0.2, 0) is 18.4 Å². The average Bonchev–Trinajstić information content (AvgIpc) is 3.16. The normalized spacial score (nSPS) is 14.9. The zero-order valence-corrected chi connectivity index (χ0v) is 19.9. The number of hydrogen-bond donors (Lipinski definition) is 0. The molecule has 0 unspecified atom stereocenters. The number of hydrogen-bond acceptors (Lipinski definition) is 3. The Kier molecular flexibility index (Phi) is 7.59. The van der Waals surface area contributed by atoms with Crippen molar-refractivity contribution < 1.29 is 13.9 Å². The number of rotatable bonds is 6. The third-order valence-corrected chi connectivity index (χ3v) is 6.90. The second-order valence-electron chi connectivity index (χ2n) is 9.19. The van der Waals surface area contributed by atoms with Crippen LogP contribution in [0, 0.1) is 23.1 Å². The maximum Gasteiger partial charge on any atom is 0.182 e. The Balaban J connectivity index is 1.81. The number of benzene rings is 2. The summed E-state index contributed by atoms with van der Waals surface area (Å²) in [7, 11) is 3.58. The molecular weight excluding hydrogens is 427 g/mol. The van der Waals surface area contributed by atoms with Crippen LogP contribution in [0.15, 0.2) is 48.5 Å². The summed E-state index contributed by atoms with van der Waals surface area (Å²) in [5.74, 6) is -0.364. The Morgan fingerprint density at radius 3 is 2.29 bits per heavy atom. The van der Waals surface area contributed by atoms with E-state index in [9.17, 15) is 9.18 Å². The second-order valence-corrected chi connectivity index (χ2v) is 9.19. The van der Waals surface area contributed by atoms with E-state index in [2.05, 4.69) is 0 Å². The van der Waals surface area contributed by atoms with Crippen molar-refractivity contribution >= 4 is 5.78 Å². The molecule has 4 rings (SSSR count). The molecule has 1 heterocycles. The van der Waals surface area contributed by atoms with E-state index in [1.807, 2.05) is 48.0 Å². The highest BCUT2D eigenvalue weighted by Crippen LogP contribution is 2.37. The monoisotopic (exact) mass is 458 g/mol. The molecule has 1 aromatic heterocycles. The predicted octanol–water partition coefficient (Wildman–Crippen LogP) is 7.06. The number of nitriles is 1. The highest BCUT2D eigenvalue weighted by molar-refractivity contribution is 6.00. The van der Waals surface area contributed by atoms with Crippen LogP contribution in [-0.4, -0.2) is 17.5 Å². The van der Waals surface area contributed by atoms with Gasteiger partial charge in [-0.25, -0.2) is 4.39 Å². The number of carbonyl (C=O) groups excluding carboxylic acids is 1. The molecule has 5 heteroatoms. The first-order chi connectivity index (χ1) is 16.5. The maximum absolute atomic E-state index is 14.5. The molecule has 0 saturated heterocycles. The first-order valence-corrected chi connectivity index (χ1v) is 12.1. The predicted molar refractivity (Wildman–Crippen MR) is 132 cm³/mol. The number of nitrogens with zero attached hydrogens (tertiary/aromatic N) is 2. The Labute approximate surface area is 201 Å². The summed E-state index contributed by atoms with van der Waals surface area (Å²) in [5.41, 5.74) is 4.97. The van der Waals surface area contributed by atoms with Gasteiger partial charge in [0.1, 0.15) is 11.9 Å². The third kappa shape index (κ3) is 4.98. The SMILES string of the molecule is COCc1ccc(-c2c(-c3ccc(C#N)c(F)c3)cc(C(=O)C3CCCCCCC3)n2C)cc1.